The summed E-state index contributed by atoms with van der Waals surface area (Å²) in [7, 11) is 0. The van der Waals surface area contributed by atoms with Gasteiger partial charge in [0.2, 0.25) is 11.7 Å². The van der Waals surface area contributed by atoms with Crippen molar-refractivity contribution in [1.82, 2.24) is 25.5 Å². The van der Waals surface area contributed by atoms with Gasteiger partial charge in [0.1, 0.15) is 6.54 Å². The zero-order chi connectivity index (χ0) is 13.9. The topological polar surface area (TPSA) is 85.8 Å². The standard InChI is InChI=1S/C13H17N5O2/c1-9-4-5-10(7-9)14-12(19)8-18-16-13(15-17-18)11-3-2-6-20-11/h2-3,6,9-10H,4-5,7-8H2,1H3,(H,14,19). The summed E-state index contributed by atoms with van der Waals surface area (Å²) in [6, 6.07) is 3.79. The number of hydrogen-bond acceptors (Lipinski definition) is 5. The Labute approximate surface area is 116 Å². The molecule has 0 radical (unpaired) electrons. The highest BCUT2D eigenvalue weighted by atomic mass is 16.3. The Morgan fingerprint density at radius 1 is 1.55 bits per heavy atom. The molecule has 0 aromatic carbocycles. The van der Waals surface area contributed by atoms with E-state index in [1.807, 2.05) is 0 Å². The lowest BCUT2D eigenvalue weighted by Crippen LogP contribution is -2.35. The van der Waals surface area contributed by atoms with E-state index in [9.17, 15) is 4.79 Å². The molecule has 2 atom stereocenters. The van der Waals surface area contributed by atoms with Crippen LogP contribution in [0.4, 0.5) is 0 Å². The van der Waals surface area contributed by atoms with Crippen molar-refractivity contribution >= 4 is 5.91 Å². The van der Waals surface area contributed by atoms with Gasteiger partial charge in [0.15, 0.2) is 5.76 Å². The Hall–Kier alpha value is -2.18. The molecule has 1 aliphatic carbocycles. The molecule has 2 aromatic rings. The van der Waals surface area contributed by atoms with Crippen molar-refractivity contribution in [3.63, 3.8) is 0 Å². The number of rotatable bonds is 4. The number of aromatic nitrogens is 4. The van der Waals surface area contributed by atoms with E-state index in [2.05, 4.69) is 27.7 Å². The van der Waals surface area contributed by atoms with E-state index in [0.717, 1.165) is 12.8 Å². The van der Waals surface area contributed by atoms with Crippen LogP contribution in [0.5, 0.6) is 0 Å². The van der Waals surface area contributed by atoms with Crippen LogP contribution in [-0.2, 0) is 11.3 Å². The minimum absolute atomic E-state index is 0.0764. The third kappa shape index (κ3) is 2.87. The van der Waals surface area contributed by atoms with Crippen molar-refractivity contribution in [2.75, 3.05) is 0 Å². The number of carbonyl (C=O) groups excluding carboxylic acids is 1. The number of amides is 1. The van der Waals surface area contributed by atoms with Crippen LogP contribution < -0.4 is 5.32 Å². The lowest BCUT2D eigenvalue weighted by atomic mass is 10.1. The van der Waals surface area contributed by atoms with Gasteiger partial charge in [-0.3, -0.25) is 4.79 Å². The number of nitrogens with zero attached hydrogens (tertiary/aromatic N) is 4. The van der Waals surface area contributed by atoms with Crippen molar-refractivity contribution in [2.24, 2.45) is 5.92 Å². The second-order valence-electron chi connectivity index (χ2n) is 5.30. The Kier molecular flexibility index (Phi) is 3.49. The van der Waals surface area contributed by atoms with Gasteiger partial charge in [-0.15, -0.1) is 10.2 Å². The Balaban J connectivity index is 1.56. The Bertz CT molecular complexity index is 577. The fourth-order valence-electron chi connectivity index (χ4n) is 2.55. The molecular weight excluding hydrogens is 258 g/mol. The van der Waals surface area contributed by atoms with Gasteiger partial charge in [0.05, 0.1) is 6.26 Å². The second-order valence-corrected chi connectivity index (χ2v) is 5.30. The van der Waals surface area contributed by atoms with Crippen molar-refractivity contribution in [2.45, 2.75) is 38.8 Å². The normalized spacial score (nSPS) is 22.1. The van der Waals surface area contributed by atoms with E-state index in [1.54, 1.807) is 18.4 Å². The number of furan rings is 1. The van der Waals surface area contributed by atoms with Gasteiger partial charge >= 0.3 is 0 Å². The highest BCUT2D eigenvalue weighted by Crippen LogP contribution is 2.24. The van der Waals surface area contributed by atoms with Gasteiger partial charge in [-0.25, -0.2) is 0 Å². The third-order valence-corrected chi connectivity index (χ3v) is 3.54. The van der Waals surface area contributed by atoms with Crippen LogP contribution in [0.15, 0.2) is 22.8 Å². The van der Waals surface area contributed by atoms with Crippen LogP contribution in [-0.4, -0.2) is 32.2 Å². The Morgan fingerprint density at radius 2 is 2.45 bits per heavy atom. The molecule has 1 fully saturated rings. The summed E-state index contributed by atoms with van der Waals surface area (Å²) >= 11 is 0. The van der Waals surface area contributed by atoms with Crippen LogP contribution >= 0.6 is 0 Å². The zero-order valence-corrected chi connectivity index (χ0v) is 11.3. The summed E-state index contributed by atoms with van der Waals surface area (Å²) in [6.07, 6.45) is 4.82. The van der Waals surface area contributed by atoms with Crippen LogP contribution in [0.3, 0.4) is 0 Å². The average molecular weight is 275 g/mol. The maximum absolute atomic E-state index is 11.9. The molecular formula is C13H17N5O2. The summed E-state index contributed by atoms with van der Waals surface area (Å²) in [4.78, 5) is 13.2. The van der Waals surface area contributed by atoms with E-state index < -0.39 is 0 Å². The van der Waals surface area contributed by atoms with E-state index in [4.69, 9.17) is 4.42 Å². The largest absolute Gasteiger partial charge is 0.461 e. The van der Waals surface area contributed by atoms with Crippen LogP contribution in [0.25, 0.3) is 11.6 Å². The highest BCUT2D eigenvalue weighted by Gasteiger charge is 2.23. The summed E-state index contributed by atoms with van der Waals surface area (Å²) in [5, 5.41) is 14.9. The molecule has 0 saturated heterocycles. The molecule has 2 unspecified atom stereocenters. The molecule has 7 nitrogen and oxygen atoms in total. The highest BCUT2D eigenvalue weighted by molar-refractivity contribution is 5.75. The first kappa shape index (κ1) is 12.8. The quantitative estimate of drug-likeness (QED) is 0.907. The molecule has 0 bridgehead atoms. The molecule has 7 heteroatoms. The molecule has 2 aromatic heterocycles. The molecule has 1 N–H and O–H groups in total. The molecule has 3 rings (SSSR count). The van der Waals surface area contributed by atoms with Crippen LogP contribution in [0, 0.1) is 5.92 Å². The summed E-state index contributed by atoms with van der Waals surface area (Å²) in [6.45, 7) is 2.29. The van der Waals surface area contributed by atoms with Crippen molar-refractivity contribution in [1.29, 1.82) is 0 Å². The van der Waals surface area contributed by atoms with E-state index in [0.29, 0.717) is 17.5 Å². The molecule has 0 aliphatic heterocycles. The smallest absolute Gasteiger partial charge is 0.243 e. The minimum atomic E-state index is -0.0764. The summed E-state index contributed by atoms with van der Waals surface area (Å²) in [5.41, 5.74) is 0. The molecule has 106 valence electrons. The lowest BCUT2D eigenvalue weighted by Gasteiger charge is -2.11. The maximum Gasteiger partial charge on any atom is 0.243 e. The molecule has 0 spiro atoms. The molecule has 20 heavy (non-hydrogen) atoms. The van der Waals surface area contributed by atoms with E-state index >= 15 is 0 Å². The number of carbonyl (C=O) groups is 1. The Morgan fingerprint density at radius 3 is 3.15 bits per heavy atom. The average Bonchev–Trinajstić information content (AvgIpc) is 3.10. The van der Waals surface area contributed by atoms with Crippen LogP contribution in [0.2, 0.25) is 0 Å². The number of hydrogen-bond donors (Lipinski definition) is 1. The first-order valence-electron chi connectivity index (χ1n) is 6.82. The van der Waals surface area contributed by atoms with Gasteiger partial charge in [-0.2, -0.15) is 4.80 Å². The summed E-state index contributed by atoms with van der Waals surface area (Å²) in [5.74, 6) is 1.54. The first-order chi connectivity index (χ1) is 9.70. The van der Waals surface area contributed by atoms with Gasteiger partial charge in [-0.05, 0) is 42.5 Å². The second kappa shape index (κ2) is 5.44. The molecule has 1 amide bonds. The SMILES string of the molecule is CC1CCC(NC(=O)Cn2nnc(-c3ccco3)n2)C1. The summed E-state index contributed by atoms with van der Waals surface area (Å²) < 4.78 is 5.18. The van der Waals surface area contributed by atoms with Gasteiger partial charge in [-0.1, -0.05) is 6.92 Å². The van der Waals surface area contributed by atoms with Gasteiger partial charge in [0, 0.05) is 6.04 Å². The molecule has 1 saturated carbocycles. The van der Waals surface area contributed by atoms with E-state index in [-0.39, 0.29) is 18.5 Å². The van der Waals surface area contributed by atoms with Gasteiger partial charge in [0.25, 0.3) is 0 Å². The maximum atomic E-state index is 11.9. The fourth-order valence-corrected chi connectivity index (χ4v) is 2.55. The van der Waals surface area contributed by atoms with Crippen molar-refractivity contribution < 1.29 is 9.21 Å². The zero-order valence-electron chi connectivity index (χ0n) is 11.3. The number of nitrogens with one attached hydrogen (secondary N) is 1. The third-order valence-electron chi connectivity index (χ3n) is 3.54. The minimum Gasteiger partial charge on any atom is -0.461 e. The first-order valence-corrected chi connectivity index (χ1v) is 6.82. The predicted molar refractivity (Wildman–Crippen MR) is 70.5 cm³/mol. The van der Waals surface area contributed by atoms with Crippen LogP contribution in [0.1, 0.15) is 26.2 Å². The fraction of sp³-hybridized carbons (Fsp3) is 0.538. The molecule has 2 heterocycles. The van der Waals surface area contributed by atoms with Crippen molar-refractivity contribution in [3.05, 3.63) is 18.4 Å². The molecule has 1 aliphatic rings. The number of tetrazole rings is 1. The van der Waals surface area contributed by atoms with E-state index in [1.165, 1.54) is 11.2 Å². The predicted octanol–water partition coefficient (Wildman–Crippen LogP) is 1.24. The van der Waals surface area contributed by atoms with Gasteiger partial charge < -0.3 is 9.73 Å². The monoisotopic (exact) mass is 275 g/mol. The lowest BCUT2D eigenvalue weighted by molar-refractivity contribution is -0.122. The van der Waals surface area contributed by atoms with Crippen molar-refractivity contribution in [3.8, 4) is 11.6 Å².